The van der Waals surface area contributed by atoms with Crippen LogP contribution in [0.25, 0.3) is 0 Å². The zero-order valence-corrected chi connectivity index (χ0v) is 12.2. The second kappa shape index (κ2) is 16.5. The van der Waals surface area contributed by atoms with Crippen LogP contribution >= 0.6 is 0 Å². The summed E-state index contributed by atoms with van der Waals surface area (Å²) in [5.74, 6) is -0.286. The van der Waals surface area contributed by atoms with Gasteiger partial charge in [-0.2, -0.15) is 0 Å². The van der Waals surface area contributed by atoms with Crippen LogP contribution in [0.5, 0.6) is 0 Å². The number of hydrogen-bond donors (Lipinski definition) is 1. The van der Waals surface area contributed by atoms with Gasteiger partial charge >= 0.3 is 35.5 Å². The first-order chi connectivity index (χ1) is 8.68. The average molecular weight is 281 g/mol. The van der Waals surface area contributed by atoms with Crippen LogP contribution in [0.15, 0.2) is 0 Å². The summed E-state index contributed by atoms with van der Waals surface area (Å²) < 4.78 is 5.01. The van der Waals surface area contributed by atoms with Gasteiger partial charge in [-0.05, 0) is 13.3 Å². The predicted octanol–water partition coefficient (Wildman–Crippen LogP) is 3.15. The van der Waals surface area contributed by atoms with Crippen molar-refractivity contribution in [3.05, 3.63) is 0 Å². The van der Waals surface area contributed by atoms with E-state index in [2.05, 4.69) is 6.92 Å². The zero-order valence-electron chi connectivity index (χ0n) is 12.2. The normalized spacial score (nSPS) is 11.7. The molecule has 0 aromatic carbocycles. The minimum absolute atomic E-state index is 0. The van der Waals surface area contributed by atoms with Gasteiger partial charge in [0.15, 0.2) is 0 Å². The molecule has 0 aliphatic heterocycles. The van der Waals surface area contributed by atoms with E-state index in [0.717, 1.165) is 12.8 Å². The molecule has 0 saturated heterocycles. The Kier molecular flexibility index (Phi) is 18.8. The Morgan fingerprint density at radius 2 is 1.37 bits per heavy atom. The Bertz CT molecular complexity index is 199. The Morgan fingerprint density at radius 3 is 1.79 bits per heavy atom. The fourth-order valence-electron chi connectivity index (χ4n) is 1.89. The molecule has 1 unspecified atom stereocenters. The predicted molar refractivity (Wildman–Crippen MR) is 83.6 cm³/mol. The molecule has 1 atom stereocenters. The molecule has 0 rings (SSSR count). The topological polar surface area (TPSA) is 52.3 Å². The van der Waals surface area contributed by atoms with Crippen LogP contribution in [0.1, 0.15) is 78.1 Å². The first-order valence-electron chi connectivity index (χ1n) is 7.60. The number of carbonyl (C=O) groups excluding carboxylic acids is 1. The van der Waals surface area contributed by atoms with Gasteiger partial charge in [-0.1, -0.05) is 64.7 Å². The molecule has 0 aromatic heterocycles. The molecule has 4 heteroatoms. The van der Waals surface area contributed by atoms with E-state index < -0.39 is 6.04 Å². The molecule has 0 heterocycles. The summed E-state index contributed by atoms with van der Waals surface area (Å²) in [6.45, 7) is 4.43. The molecule has 0 amide bonds. The van der Waals surface area contributed by atoms with Crippen molar-refractivity contribution >= 4 is 35.5 Å². The van der Waals surface area contributed by atoms with Crippen molar-refractivity contribution in [2.45, 2.75) is 84.1 Å². The fourth-order valence-corrected chi connectivity index (χ4v) is 1.89. The first kappa shape index (κ1) is 21.7. The van der Waals surface area contributed by atoms with Crippen molar-refractivity contribution in [3.8, 4) is 0 Å². The Morgan fingerprint density at radius 1 is 0.947 bits per heavy atom. The van der Waals surface area contributed by atoms with Crippen LogP contribution in [-0.2, 0) is 9.53 Å². The number of carbonyl (C=O) groups is 1. The third-order valence-electron chi connectivity index (χ3n) is 3.11. The number of hydrogen-bond acceptors (Lipinski definition) is 3. The van der Waals surface area contributed by atoms with Gasteiger partial charge in [0.2, 0.25) is 0 Å². The van der Waals surface area contributed by atoms with E-state index in [9.17, 15) is 4.79 Å². The molecule has 0 radical (unpaired) electrons. The van der Waals surface area contributed by atoms with Crippen LogP contribution in [0.3, 0.4) is 0 Å². The van der Waals surface area contributed by atoms with Gasteiger partial charge in [-0.3, -0.25) is 4.79 Å². The van der Waals surface area contributed by atoms with Gasteiger partial charge in [0, 0.05) is 0 Å². The molecular formula is C15H32NNaO2. The van der Waals surface area contributed by atoms with Crippen molar-refractivity contribution in [2.75, 3.05) is 6.61 Å². The second-order valence-electron chi connectivity index (χ2n) is 5.14. The van der Waals surface area contributed by atoms with Crippen molar-refractivity contribution in [1.29, 1.82) is 0 Å². The summed E-state index contributed by atoms with van der Waals surface area (Å²) in [6.07, 6.45) is 12.9. The van der Waals surface area contributed by atoms with Crippen molar-refractivity contribution in [3.63, 3.8) is 0 Å². The number of unbranched alkanes of at least 4 members (excludes halogenated alkanes) is 9. The summed E-state index contributed by atoms with van der Waals surface area (Å²) in [7, 11) is 0. The summed E-state index contributed by atoms with van der Waals surface area (Å²) in [5.41, 5.74) is 5.39. The molecule has 0 spiro atoms. The van der Waals surface area contributed by atoms with Crippen LogP contribution in [0, 0.1) is 0 Å². The monoisotopic (exact) mass is 281 g/mol. The third kappa shape index (κ3) is 16.4. The average Bonchev–Trinajstić information content (AvgIpc) is 2.35. The standard InChI is InChI=1S/C15H31NO2.Na.H/c1-3-4-5-6-7-8-9-10-11-12-13-18-15(17)14(2)16;;/h14H,3-13,16H2,1-2H3;;. The van der Waals surface area contributed by atoms with E-state index in [4.69, 9.17) is 10.5 Å². The van der Waals surface area contributed by atoms with Crippen LogP contribution in [-0.4, -0.2) is 48.2 Å². The number of ether oxygens (including phenoxy) is 1. The van der Waals surface area contributed by atoms with Crippen LogP contribution in [0.4, 0.5) is 0 Å². The minimum atomic E-state index is -0.492. The zero-order chi connectivity index (χ0) is 13.6. The Balaban J connectivity index is 0. The molecule has 2 N–H and O–H groups in total. The van der Waals surface area contributed by atoms with Gasteiger partial charge in [0.1, 0.15) is 6.04 Å². The second-order valence-corrected chi connectivity index (χ2v) is 5.14. The maximum absolute atomic E-state index is 11.1. The Hall–Kier alpha value is 0.430. The van der Waals surface area contributed by atoms with Gasteiger partial charge in [-0.25, -0.2) is 0 Å². The SMILES string of the molecule is CCCCCCCCCCCCOC(=O)C(C)N.[NaH]. The van der Waals surface area contributed by atoms with E-state index in [1.807, 2.05) is 0 Å². The summed E-state index contributed by atoms with van der Waals surface area (Å²) in [5, 5.41) is 0. The molecule has 0 aromatic rings. The van der Waals surface area contributed by atoms with E-state index >= 15 is 0 Å². The third-order valence-corrected chi connectivity index (χ3v) is 3.11. The van der Waals surface area contributed by atoms with Gasteiger partial charge < -0.3 is 10.5 Å². The molecule has 0 aliphatic rings. The molecule has 0 saturated carbocycles. The summed E-state index contributed by atoms with van der Waals surface area (Å²) in [4.78, 5) is 11.1. The molecule has 0 fully saturated rings. The number of nitrogens with two attached hydrogens (primary N) is 1. The molecule has 0 aliphatic carbocycles. The molecule has 110 valence electrons. The van der Waals surface area contributed by atoms with Gasteiger partial charge in [-0.15, -0.1) is 0 Å². The van der Waals surface area contributed by atoms with E-state index in [-0.39, 0.29) is 35.5 Å². The number of esters is 1. The van der Waals surface area contributed by atoms with E-state index in [1.54, 1.807) is 6.92 Å². The molecule has 19 heavy (non-hydrogen) atoms. The maximum atomic E-state index is 11.1. The molecule has 0 bridgehead atoms. The molecular weight excluding hydrogens is 249 g/mol. The molecule has 3 nitrogen and oxygen atoms in total. The van der Waals surface area contributed by atoms with Crippen molar-refractivity contribution in [1.82, 2.24) is 0 Å². The Labute approximate surface area is 141 Å². The fraction of sp³-hybridized carbons (Fsp3) is 0.933. The van der Waals surface area contributed by atoms with Crippen LogP contribution in [0.2, 0.25) is 0 Å². The number of rotatable bonds is 12. The van der Waals surface area contributed by atoms with Gasteiger partial charge in [0.25, 0.3) is 0 Å². The van der Waals surface area contributed by atoms with E-state index in [0.29, 0.717) is 6.61 Å². The summed E-state index contributed by atoms with van der Waals surface area (Å²) in [6, 6.07) is -0.492. The van der Waals surface area contributed by atoms with Gasteiger partial charge in [0.05, 0.1) is 6.61 Å². The first-order valence-corrected chi connectivity index (χ1v) is 7.60. The van der Waals surface area contributed by atoms with E-state index in [1.165, 1.54) is 51.4 Å². The quantitative estimate of drug-likeness (QED) is 0.340. The van der Waals surface area contributed by atoms with Crippen molar-refractivity contribution < 1.29 is 9.53 Å². The van der Waals surface area contributed by atoms with Crippen molar-refractivity contribution in [2.24, 2.45) is 5.73 Å². The summed E-state index contributed by atoms with van der Waals surface area (Å²) >= 11 is 0. The van der Waals surface area contributed by atoms with Crippen LogP contribution < -0.4 is 5.73 Å².